The Morgan fingerprint density at radius 2 is 1.85 bits per heavy atom. The molecule has 0 saturated carbocycles. The van der Waals surface area contributed by atoms with E-state index < -0.39 is 6.10 Å². The molecule has 1 atom stereocenters. The molecule has 0 aliphatic carbocycles. The van der Waals surface area contributed by atoms with Crippen molar-refractivity contribution < 1.29 is 9.53 Å². The quantitative estimate of drug-likeness (QED) is 0.838. The Bertz CT molecular complexity index is 543. The molecule has 1 aromatic heterocycles. The van der Waals surface area contributed by atoms with Gasteiger partial charge in [-0.15, -0.1) is 0 Å². The fourth-order valence-electron chi connectivity index (χ4n) is 1.91. The Labute approximate surface area is 119 Å². The van der Waals surface area contributed by atoms with E-state index in [1.807, 2.05) is 42.5 Å². The van der Waals surface area contributed by atoms with Gasteiger partial charge in [0.1, 0.15) is 6.10 Å². The molecule has 2 aromatic rings. The molecule has 0 unspecified atom stereocenters. The maximum absolute atomic E-state index is 12.5. The number of benzene rings is 1. The van der Waals surface area contributed by atoms with Crippen molar-refractivity contribution in [3.05, 3.63) is 60.4 Å². The number of hydrogen-bond acceptors (Lipinski definition) is 3. The number of carbonyl (C=O) groups excluding carboxylic acids is 1. The maximum atomic E-state index is 12.5. The monoisotopic (exact) mass is 270 g/mol. The van der Waals surface area contributed by atoms with Crippen LogP contribution in [0.2, 0.25) is 0 Å². The van der Waals surface area contributed by atoms with Crippen molar-refractivity contribution in [2.75, 3.05) is 12.0 Å². The van der Waals surface area contributed by atoms with E-state index in [1.54, 1.807) is 24.2 Å². The van der Waals surface area contributed by atoms with Crippen molar-refractivity contribution in [3.8, 4) is 0 Å². The number of methoxy groups -OCH3 is 1. The molecule has 0 saturated heterocycles. The minimum absolute atomic E-state index is 0.0671. The van der Waals surface area contributed by atoms with Gasteiger partial charge >= 0.3 is 0 Å². The van der Waals surface area contributed by atoms with Crippen LogP contribution in [-0.2, 0) is 16.1 Å². The summed E-state index contributed by atoms with van der Waals surface area (Å²) < 4.78 is 5.15. The Morgan fingerprint density at radius 3 is 2.45 bits per heavy atom. The van der Waals surface area contributed by atoms with E-state index in [0.29, 0.717) is 6.54 Å². The van der Waals surface area contributed by atoms with Crippen LogP contribution in [0.4, 0.5) is 5.69 Å². The fraction of sp³-hybridized carbons (Fsp3) is 0.250. The lowest BCUT2D eigenvalue weighted by atomic mass is 10.2. The van der Waals surface area contributed by atoms with Crippen molar-refractivity contribution >= 4 is 11.6 Å². The molecule has 104 valence electrons. The van der Waals surface area contributed by atoms with E-state index >= 15 is 0 Å². The Morgan fingerprint density at radius 1 is 1.20 bits per heavy atom. The van der Waals surface area contributed by atoms with Crippen molar-refractivity contribution in [2.24, 2.45) is 0 Å². The van der Waals surface area contributed by atoms with Crippen LogP contribution in [0.5, 0.6) is 0 Å². The van der Waals surface area contributed by atoms with Crippen LogP contribution in [0.3, 0.4) is 0 Å². The van der Waals surface area contributed by atoms with Crippen LogP contribution in [0.1, 0.15) is 12.5 Å². The summed E-state index contributed by atoms with van der Waals surface area (Å²) >= 11 is 0. The third-order valence-electron chi connectivity index (χ3n) is 3.13. The minimum Gasteiger partial charge on any atom is -0.372 e. The molecule has 0 aliphatic rings. The second-order valence-electron chi connectivity index (χ2n) is 4.49. The van der Waals surface area contributed by atoms with Crippen molar-refractivity contribution in [2.45, 2.75) is 19.6 Å². The van der Waals surface area contributed by atoms with Gasteiger partial charge in [0, 0.05) is 25.2 Å². The third kappa shape index (κ3) is 3.42. The summed E-state index contributed by atoms with van der Waals surface area (Å²) in [6.07, 6.45) is 2.88. The molecule has 1 aromatic carbocycles. The minimum atomic E-state index is -0.480. The summed E-state index contributed by atoms with van der Waals surface area (Å²) in [5, 5.41) is 0. The van der Waals surface area contributed by atoms with Gasteiger partial charge in [-0.25, -0.2) is 0 Å². The highest BCUT2D eigenvalue weighted by molar-refractivity contribution is 5.96. The third-order valence-corrected chi connectivity index (χ3v) is 3.13. The lowest BCUT2D eigenvalue weighted by molar-refractivity contribution is -0.127. The van der Waals surface area contributed by atoms with Crippen LogP contribution >= 0.6 is 0 Å². The van der Waals surface area contributed by atoms with E-state index in [-0.39, 0.29) is 5.91 Å². The molecular formula is C16H18N2O2. The van der Waals surface area contributed by atoms with Crippen LogP contribution < -0.4 is 4.90 Å². The molecule has 2 rings (SSSR count). The zero-order chi connectivity index (χ0) is 14.4. The highest BCUT2D eigenvalue weighted by atomic mass is 16.5. The zero-order valence-electron chi connectivity index (χ0n) is 11.7. The molecule has 1 amide bonds. The summed E-state index contributed by atoms with van der Waals surface area (Å²) in [6, 6.07) is 13.5. The number of hydrogen-bond donors (Lipinski definition) is 0. The number of aromatic nitrogens is 1. The lowest BCUT2D eigenvalue weighted by Crippen LogP contribution is -2.38. The smallest absolute Gasteiger partial charge is 0.256 e. The molecule has 0 N–H and O–H groups in total. The molecule has 0 spiro atoms. The standard InChI is InChI=1S/C16H18N2O2/c1-13(20-2)16(19)18(15-8-10-17-11-9-15)12-14-6-4-3-5-7-14/h3-11,13H,12H2,1-2H3/t13-/m1/s1. The molecule has 0 bridgehead atoms. The number of anilines is 1. The molecule has 1 heterocycles. The molecule has 4 heteroatoms. The van der Waals surface area contributed by atoms with E-state index in [9.17, 15) is 4.79 Å². The number of carbonyl (C=O) groups is 1. The Hall–Kier alpha value is -2.20. The number of rotatable bonds is 5. The highest BCUT2D eigenvalue weighted by Gasteiger charge is 2.21. The number of ether oxygens (including phenoxy) is 1. The summed E-state index contributed by atoms with van der Waals surface area (Å²) in [5.41, 5.74) is 1.89. The lowest BCUT2D eigenvalue weighted by Gasteiger charge is -2.25. The largest absolute Gasteiger partial charge is 0.372 e. The second kappa shape index (κ2) is 6.82. The van der Waals surface area contributed by atoms with Gasteiger partial charge < -0.3 is 9.64 Å². The van der Waals surface area contributed by atoms with Crippen LogP contribution in [0.15, 0.2) is 54.9 Å². The zero-order valence-corrected chi connectivity index (χ0v) is 11.7. The van der Waals surface area contributed by atoms with Gasteiger partial charge in [-0.2, -0.15) is 0 Å². The van der Waals surface area contributed by atoms with E-state index in [2.05, 4.69) is 4.98 Å². The van der Waals surface area contributed by atoms with Gasteiger partial charge in [0.25, 0.3) is 5.91 Å². The Kier molecular flexibility index (Phi) is 4.85. The normalized spacial score (nSPS) is 11.9. The van der Waals surface area contributed by atoms with Gasteiger partial charge in [0.15, 0.2) is 0 Å². The first-order chi connectivity index (χ1) is 9.72. The van der Waals surface area contributed by atoms with Gasteiger partial charge in [-0.05, 0) is 24.6 Å². The topological polar surface area (TPSA) is 42.4 Å². The van der Waals surface area contributed by atoms with E-state index in [4.69, 9.17) is 4.74 Å². The molecular weight excluding hydrogens is 252 g/mol. The first-order valence-corrected chi connectivity index (χ1v) is 6.50. The van der Waals surface area contributed by atoms with Gasteiger partial charge in [0.2, 0.25) is 0 Å². The summed E-state index contributed by atoms with van der Waals surface area (Å²) in [7, 11) is 1.54. The summed E-state index contributed by atoms with van der Waals surface area (Å²) in [5.74, 6) is -0.0671. The molecule has 0 fully saturated rings. The molecule has 0 aliphatic heterocycles. The van der Waals surface area contributed by atoms with Crippen molar-refractivity contribution in [3.63, 3.8) is 0 Å². The van der Waals surface area contributed by atoms with E-state index in [0.717, 1.165) is 11.3 Å². The summed E-state index contributed by atoms with van der Waals surface area (Å²) in [4.78, 5) is 18.2. The number of pyridine rings is 1. The number of amides is 1. The molecule has 0 radical (unpaired) electrons. The summed E-state index contributed by atoms with van der Waals surface area (Å²) in [6.45, 7) is 2.26. The van der Waals surface area contributed by atoms with Gasteiger partial charge in [0.05, 0.1) is 6.54 Å². The number of nitrogens with zero attached hydrogens (tertiary/aromatic N) is 2. The van der Waals surface area contributed by atoms with Crippen molar-refractivity contribution in [1.29, 1.82) is 0 Å². The van der Waals surface area contributed by atoms with Gasteiger partial charge in [-0.1, -0.05) is 30.3 Å². The molecule has 20 heavy (non-hydrogen) atoms. The average Bonchev–Trinajstić information content (AvgIpc) is 2.53. The average molecular weight is 270 g/mol. The predicted molar refractivity (Wildman–Crippen MR) is 78.3 cm³/mol. The maximum Gasteiger partial charge on any atom is 0.256 e. The first-order valence-electron chi connectivity index (χ1n) is 6.50. The van der Waals surface area contributed by atoms with Crippen LogP contribution in [-0.4, -0.2) is 24.1 Å². The van der Waals surface area contributed by atoms with Crippen LogP contribution in [0.25, 0.3) is 0 Å². The highest BCUT2D eigenvalue weighted by Crippen LogP contribution is 2.18. The predicted octanol–water partition coefficient (Wildman–Crippen LogP) is 2.65. The van der Waals surface area contributed by atoms with Crippen molar-refractivity contribution in [1.82, 2.24) is 4.98 Å². The van der Waals surface area contributed by atoms with Crippen LogP contribution in [0, 0.1) is 0 Å². The first kappa shape index (κ1) is 14.2. The SMILES string of the molecule is CO[C@H](C)C(=O)N(Cc1ccccc1)c1ccncc1. The van der Waals surface area contributed by atoms with E-state index in [1.165, 1.54) is 7.11 Å². The molecule has 4 nitrogen and oxygen atoms in total. The Balaban J connectivity index is 2.27. The fourth-order valence-corrected chi connectivity index (χ4v) is 1.91. The van der Waals surface area contributed by atoms with Gasteiger partial charge in [-0.3, -0.25) is 9.78 Å². The second-order valence-corrected chi connectivity index (χ2v) is 4.49.